The summed E-state index contributed by atoms with van der Waals surface area (Å²) in [5.41, 5.74) is -0.500. The second-order valence-corrected chi connectivity index (χ2v) is 16.5. The molecule has 5 unspecified atom stereocenters. The maximum atomic E-state index is 12.7. The molecule has 0 aromatic heterocycles. The lowest BCUT2D eigenvalue weighted by Gasteiger charge is -2.65. The number of esters is 4. The third kappa shape index (κ3) is 6.53. The van der Waals surface area contributed by atoms with Gasteiger partial charge in [0.2, 0.25) is 11.6 Å². The first-order valence-corrected chi connectivity index (χ1v) is 18.4. The zero-order chi connectivity index (χ0) is 35.4. The summed E-state index contributed by atoms with van der Waals surface area (Å²) in [4.78, 5) is 73.7. The van der Waals surface area contributed by atoms with Gasteiger partial charge in [0.25, 0.3) is 0 Å². The van der Waals surface area contributed by atoms with Crippen molar-refractivity contribution in [1.29, 1.82) is 0 Å². The van der Waals surface area contributed by atoms with Crippen LogP contribution in [0.25, 0.3) is 0 Å². The van der Waals surface area contributed by atoms with Crippen LogP contribution < -0.4 is 0 Å². The molecule has 6 fully saturated rings. The Kier molecular flexibility index (Phi) is 10.2. The maximum absolute atomic E-state index is 12.7. The largest absolute Gasteiger partial charge is 0.469 e. The van der Waals surface area contributed by atoms with Crippen LogP contribution in [0, 0.1) is 52.3 Å². The van der Waals surface area contributed by atoms with Gasteiger partial charge >= 0.3 is 23.9 Å². The molecule has 0 radical (unpaired) electrons. The first-order chi connectivity index (χ1) is 23.2. The highest BCUT2D eigenvalue weighted by Gasteiger charge is 2.69. The molecule has 49 heavy (non-hydrogen) atoms. The molecule has 5 saturated carbocycles. The summed E-state index contributed by atoms with van der Waals surface area (Å²) < 4.78 is 22.4. The highest BCUT2D eigenvalue weighted by atomic mass is 17.4. The quantitative estimate of drug-likeness (QED) is 0.176. The predicted octanol–water partition coefficient (Wildman–Crippen LogP) is 5.98. The summed E-state index contributed by atoms with van der Waals surface area (Å²) in [5.74, 6) is -2.49. The fourth-order valence-corrected chi connectivity index (χ4v) is 11.5. The van der Waals surface area contributed by atoms with Gasteiger partial charge in [-0.05, 0) is 86.4 Å². The van der Waals surface area contributed by atoms with Crippen molar-refractivity contribution in [1.82, 2.24) is 0 Å². The summed E-state index contributed by atoms with van der Waals surface area (Å²) in [5, 5.41) is 0. The van der Waals surface area contributed by atoms with Gasteiger partial charge in [-0.25, -0.2) is 0 Å². The number of hydrogen-bond donors (Lipinski definition) is 0. The van der Waals surface area contributed by atoms with Crippen LogP contribution in [0.1, 0.15) is 118 Å². The van der Waals surface area contributed by atoms with Crippen molar-refractivity contribution in [2.75, 3.05) is 14.2 Å². The molecule has 12 heteroatoms. The second kappa shape index (κ2) is 13.7. The molecule has 0 bridgehead atoms. The molecular formula is C37H56O12. The fraction of sp³-hybridized carbons (Fsp3) is 0.892. The number of methoxy groups -OCH3 is 2. The van der Waals surface area contributed by atoms with E-state index in [2.05, 4.69) is 20.8 Å². The van der Waals surface area contributed by atoms with Crippen molar-refractivity contribution in [3.63, 3.8) is 0 Å². The Balaban J connectivity index is 1.23. The highest BCUT2D eigenvalue weighted by Crippen LogP contribution is 2.70. The summed E-state index contributed by atoms with van der Waals surface area (Å²) in [6.45, 7) is 9.77. The van der Waals surface area contributed by atoms with E-state index >= 15 is 0 Å². The van der Waals surface area contributed by atoms with Crippen molar-refractivity contribution in [2.45, 2.75) is 142 Å². The molecule has 6 rings (SSSR count). The van der Waals surface area contributed by atoms with Gasteiger partial charge in [-0.3, -0.25) is 19.2 Å². The average molecular weight is 693 g/mol. The van der Waals surface area contributed by atoms with Gasteiger partial charge in [-0.2, -0.15) is 19.6 Å². The monoisotopic (exact) mass is 692 g/mol. The third-order valence-electron chi connectivity index (χ3n) is 14.1. The lowest BCUT2D eigenvalue weighted by molar-refractivity contribution is -0.665. The van der Waals surface area contributed by atoms with E-state index in [-0.39, 0.29) is 88.3 Å². The van der Waals surface area contributed by atoms with E-state index in [1.54, 1.807) is 0 Å². The number of hydrogen-bond acceptors (Lipinski definition) is 12. The lowest BCUT2D eigenvalue weighted by atomic mass is 9.42. The van der Waals surface area contributed by atoms with E-state index in [1.165, 1.54) is 28.1 Å². The van der Waals surface area contributed by atoms with E-state index in [4.69, 9.17) is 38.5 Å². The summed E-state index contributed by atoms with van der Waals surface area (Å²) >= 11 is 0. The van der Waals surface area contributed by atoms with Crippen LogP contribution in [-0.2, 0) is 57.7 Å². The van der Waals surface area contributed by atoms with Crippen LogP contribution in [0.5, 0.6) is 0 Å². The SMILES string of the molecule is COC(=O)CCC(C)C1CCC2C3C(C[C@H](OC(C)=O)[C@]12C)[C@@]1(C)CCC2(C[C@H]1C[C@H]3OC(C)=O)OOC1(CCC(C(=O)OC)CC1)OO2. The Bertz CT molecular complexity index is 1270. The molecule has 12 nitrogen and oxygen atoms in total. The first kappa shape index (κ1) is 36.5. The molecule has 5 aliphatic carbocycles. The minimum absolute atomic E-state index is 0.0571. The second-order valence-electron chi connectivity index (χ2n) is 16.5. The molecule has 2 spiro atoms. The molecule has 1 aliphatic heterocycles. The van der Waals surface area contributed by atoms with E-state index < -0.39 is 11.6 Å². The molecule has 276 valence electrons. The van der Waals surface area contributed by atoms with Crippen molar-refractivity contribution < 1.29 is 57.7 Å². The van der Waals surface area contributed by atoms with Gasteiger partial charge in [0.05, 0.1) is 20.1 Å². The van der Waals surface area contributed by atoms with Crippen LogP contribution in [0.2, 0.25) is 0 Å². The number of rotatable bonds is 7. The molecule has 0 amide bonds. The Morgan fingerprint density at radius 2 is 1.43 bits per heavy atom. The molecular weight excluding hydrogens is 636 g/mol. The Hall–Kier alpha value is -2.28. The van der Waals surface area contributed by atoms with E-state index in [1.807, 2.05) is 0 Å². The van der Waals surface area contributed by atoms with E-state index in [9.17, 15) is 19.2 Å². The third-order valence-corrected chi connectivity index (χ3v) is 14.1. The van der Waals surface area contributed by atoms with Crippen molar-refractivity contribution in [3.05, 3.63) is 0 Å². The molecule has 0 aromatic carbocycles. The Morgan fingerprint density at radius 1 is 0.776 bits per heavy atom. The summed E-state index contributed by atoms with van der Waals surface area (Å²) in [6.07, 6.45) is 7.48. The van der Waals surface area contributed by atoms with Crippen molar-refractivity contribution in [2.24, 2.45) is 52.3 Å². The normalized spacial score (nSPS) is 45.0. The number of carbonyl (C=O) groups excluding carboxylic acids is 4. The maximum Gasteiger partial charge on any atom is 0.308 e. The fourth-order valence-electron chi connectivity index (χ4n) is 11.5. The lowest BCUT2D eigenvalue weighted by Crippen LogP contribution is -2.65. The van der Waals surface area contributed by atoms with Crippen molar-refractivity contribution in [3.8, 4) is 0 Å². The zero-order valence-corrected chi connectivity index (χ0v) is 30.3. The van der Waals surface area contributed by atoms with Crippen LogP contribution >= 0.6 is 0 Å². The average Bonchev–Trinajstić information content (AvgIpc) is 3.43. The predicted molar refractivity (Wildman–Crippen MR) is 171 cm³/mol. The van der Waals surface area contributed by atoms with Gasteiger partial charge in [0.15, 0.2) is 0 Å². The van der Waals surface area contributed by atoms with E-state index in [0.717, 1.165) is 19.3 Å². The molecule has 0 N–H and O–H groups in total. The molecule has 1 heterocycles. The first-order valence-electron chi connectivity index (χ1n) is 18.4. The van der Waals surface area contributed by atoms with Crippen LogP contribution in [0.15, 0.2) is 0 Å². The topological polar surface area (TPSA) is 142 Å². The summed E-state index contributed by atoms with van der Waals surface area (Å²) in [7, 11) is 2.81. The summed E-state index contributed by atoms with van der Waals surface area (Å²) in [6, 6.07) is 0. The van der Waals surface area contributed by atoms with Gasteiger partial charge in [0, 0.05) is 57.3 Å². The minimum atomic E-state index is -1.10. The molecule has 1 saturated heterocycles. The standard InChI is InChI=1S/C37H56O12/c1-21(8-11-31(40)42-6)26-9-10-27-32-28(19-30(35(26,27)5)45-23(3)39)34(4)16-17-37(20-25(34)18-29(32)44-22(2)38)48-46-36(47-49-37)14-12-24(13-15-36)33(41)43-7/h21,24-30,32H,8-20H2,1-7H3/t21?,24?,25-,26?,27?,28?,29-,30+,32?,34+,35-,36?,37?/m1/s1. The smallest absolute Gasteiger partial charge is 0.308 e. The van der Waals surface area contributed by atoms with Crippen LogP contribution in [0.4, 0.5) is 0 Å². The van der Waals surface area contributed by atoms with Crippen LogP contribution in [0.3, 0.4) is 0 Å². The van der Waals surface area contributed by atoms with E-state index in [0.29, 0.717) is 64.2 Å². The molecule has 10 atom stereocenters. The highest BCUT2D eigenvalue weighted by molar-refractivity contribution is 5.72. The minimum Gasteiger partial charge on any atom is -0.469 e. The van der Waals surface area contributed by atoms with Gasteiger partial charge in [0.1, 0.15) is 12.2 Å². The molecule has 6 aliphatic rings. The van der Waals surface area contributed by atoms with Gasteiger partial charge < -0.3 is 18.9 Å². The van der Waals surface area contributed by atoms with Gasteiger partial charge in [-0.15, -0.1) is 0 Å². The Morgan fingerprint density at radius 3 is 2.04 bits per heavy atom. The number of fused-ring (bicyclic) bond motifs is 5. The number of ether oxygens (including phenoxy) is 4. The van der Waals surface area contributed by atoms with Gasteiger partial charge in [-0.1, -0.05) is 20.8 Å². The van der Waals surface area contributed by atoms with Crippen LogP contribution in [-0.4, -0.2) is 61.9 Å². The number of carbonyl (C=O) groups is 4. The zero-order valence-electron chi connectivity index (χ0n) is 30.3. The van der Waals surface area contributed by atoms with Crippen molar-refractivity contribution >= 4 is 23.9 Å². The molecule has 0 aromatic rings. The Labute approximate surface area is 289 Å².